The molecule has 1 aromatic heterocycles. The van der Waals surface area contributed by atoms with Gasteiger partial charge in [0, 0.05) is 17.5 Å². The van der Waals surface area contributed by atoms with Gasteiger partial charge in [0.15, 0.2) is 0 Å². The molecule has 4 heteroatoms. The normalized spacial score (nSPS) is 23.5. The van der Waals surface area contributed by atoms with Gasteiger partial charge in [-0.05, 0) is 38.7 Å². The van der Waals surface area contributed by atoms with E-state index in [4.69, 9.17) is 5.73 Å². The predicted molar refractivity (Wildman–Crippen MR) is 78.1 cm³/mol. The molecule has 0 bridgehead atoms. The molecule has 100 valence electrons. The second-order valence-electron chi connectivity index (χ2n) is 5.41. The van der Waals surface area contributed by atoms with Gasteiger partial charge < -0.3 is 11.1 Å². The van der Waals surface area contributed by atoms with E-state index in [-0.39, 0.29) is 0 Å². The first kappa shape index (κ1) is 12.4. The summed E-state index contributed by atoms with van der Waals surface area (Å²) in [5.74, 6) is 0.747. The van der Waals surface area contributed by atoms with Crippen molar-refractivity contribution in [1.82, 2.24) is 9.97 Å². The van der Waals surface area contributed by atoms with Crippen molar-refractivity contribution in [3.63, 3.8) is 0 Å². The van der Waals surface area contributed by atoms with Crippen molar-refractivity contribution in [1.29, 1.82) is 0 Å². The van der Waals surface area contributed by atoms with Crippen molar-refractivity contribution in [3.05, 3.63) is 30.0 Å². The molecule has 1 saturated carbocycles. The molecular weight excluding hydrogens is 236 g/mol. The van der Waals surface area contributed by atoms with E-state index in [1.807, 2.05) is 25.1 Å². The molecule has 0 amide bonds. The third-order valence-electron chi connectivity index (χ3n) is 3.90. The molecule has 0 spiro atoms. The molecular formula is C15H20N4. The summed E-state index contributed by atoms with van der Waals surface area (Å²) in [7, 11) is 0. The lowest BCUT2D eigenvalue weighted by Gasteiger charge is -2.26. The molecule has 1 aromatic carbocycles. The summed E-state index contributed by atoms with van der Waals surface area (Å²) in [5, 5.41) is 4.58. The third-order valence-corrected chi connectivity index (χ3v) is 3.90. The van der Waals surface area contributed by atoms with Crippen molar-refractivity contribution < 1.29 is 0 Å². The number of benzene rings is 1. The van der Waals surface area contributed by atoms with E-state index in [9.17, 15) is 0 Å². The Morgan fingerprint density at radius 2 is 1.84 bits per heavy atom. The molecule has 19 heavy (non-hydrogen) atoms. The van der Waals surface area contributed by atoms with Crippen LogP contribution in [0, 0.1) is 6.92 Å². The van der Waals surface area contributed by atoms with E-state index in [0.29, 0.717) is 12.1 Å². The Hall–Kier alpha value is -1.68. The van der Waals surface area contributed by atoms with E-state index in [2.05, 4.69) is 21.4 Å². The highest BCUT2D eigenvalue weighted by molar-refractivity contribution is 5.81. The Morgan fingerprint density at radius 3 is 2.63 bits per heavy atom. The van der Waals surface area contributed by atoms with Crippen LogP contribution < -0.4 is 11.1 Å². The van der Waals surface area contributed by atoms with Gasteiger partial charge in [-0.3, -0.25) is 0 Å². The fraction of sp³-hybridized carbons (Fsp3) is 0.467. The zero-order valence-electron chi connectivity index (χ0n) is 11.3. The van der Waals surface area contributed by atoms with Crippen LogP contribution in [0.25, 0.3) is 10.9 Å². The Bertz CT molecular complexity index is 573. The number of nitrogens with one attached hydrogen (secondary N) is 1. The lowest BCUT2D eigenvalue weighted by atomic mass is 9.92. The highest BCUT2D eigenvalue weighted by Gasteiger charge is 2.19. The Morgan fingerprint density at radius 1 is 1.11 bits per heavy atom. The number of nitrogens with zero attached hydrogens (tertiary/aromatic N) is 2. The molecule has 0 atom stereocenters. The molecule has 1 heterocycles. The SMILES string of the molecule is Cc1nc(N[C@H]2CC[C@H](N)CC2)nc2ccccc12. The van der Waals surface area contributed by atoms with Crippen molar-refractivity contribution in [2.45, 2.75) is 44.7 Å². The number of aryl methyl sites for hydroxylation is 1. The molecule has 4 nitrogen and oxygen atoms in total. The van der Waals surface area contributed by atoms with Crippen LogP contribution in [0.1, 0.15) is 31.4 Å². The highest BCUT2D eigenvalue weighted by Crippen LogP contribution is 2.22. The second-order valence-corrected chi connectivity index (χ2v) is 5.41. The van der Waals surface area contributed by atoms with Gasteiger partial charge in [0.05, 0.1) is 11.2 Å². The number of aromatic nitrogens is 2. The average Bonchev–Trinajstić information content (AvgIpc) is 2.42. The first-order chi connectivity index (χ1) is 9.22. The van der Waals surface area contributed by atoms with Gasteiger partial charge in [0.2, 0.25) is 5.95 Å². The van der Waals surface area contributed by atoms with Gasteiger partial charge in [0.1, 0.15) is 0 Å². The molecule has 0 radical (unpaired) electrons. The van der Waals surface area contributed by atoms with E-state index in [0.717, 1.165) is 48.2 Å². The number of anilines is 1. The summed E-state index contributed by atoms with van der Waals surface area (Å²) in [5.41, 5.74) is 7.96. The van der Waals surface area contributed by atoms with Crippen LogP contribution >= 0.6 is 0 Å². The number of para-hydroxylation sites is 1. The zero-order chi connectivity index (χ0) is 13.2. The van der Waals surface area contributed by atoms with Crippen molar-refractivity contribution in [2.24, 2.45) is 5.73 Å². The maximum atomic E-state index is 5.93. The maximum absolute atomic E-state index is 5.93. The van der Waals surface area contributed by atoms with Crippen LogP contribution in [-0.2, 0) is 0 Å². The van der Waals surface area contributed by atoms with Gasteiger partial charge in [-0.25, -0.2) is 9.97 Å². The molecule has 1 fully saturated rings. The minimum atomic E-state index is 0.373. The molecule has 1 aliphatic carbocycles. The molecule has 0 aliphatic heterocycles. The third kappa shape index (κ3) is 2.68. The number of hydrogen-bond acceptors (Lipinski definition) is 4. The second kappa shape index (κ2) is 5.13. The first-order valence-electron chi connectivity index (χ1n) is 6.98. The zero-order valence-corrected chi connectivity index (χ0v) is 11.3. The van der Waals surface area contributed by atoms with E-state index < -0.39 is 0 Å². The van der Waals surface area contributed by atoms with Crippen LogP contribution in [0.2, 0.25) is 0 Å². The number of rotatable bonds is 2. The van der Waals surface area contributed by atoms with Crippen molar-refractivity contribution in [3.8, 4) is 0 Å². The Kier molecular flexibility index (Phi) is 3.34. The van der Waals surface area contributed by atoms with Crippen molar-refractivity contribution in [2.75, 3.05) is 5.32 Å². The van der Waals surface area contributed by atoms with E-state index in [1.165, 1.54) is 0 Å². The van der Waals surface area contributed by atoms with Gasteiger partial charge in [-0.1, -0.05) is 18.2 Å². The van der Waals surface area contributed by atoms with Crippen LogP contribution in [-0.4, -0.2) is 22.1 Å². The predicted octanol–water partition coefficient (Wildman–Crippen LogP) is 2.62. The summed E-state index contributed by atoms with van der Waals surface area (Å²) in [6.45, 7) is 2.03. The molecule has 0 saturated heterocycles. The fourth-order valence-electron chi connectivity index (χ4n) is 2.75. The molecule has 1 aliphatic rings. The topological polar surface area (TPSA) is 63.8 Å². The Labute approximate surface area is 113 Å². The van der Waals surface area contributed by atoms with Gasteiger partial charge in [-0.2, -0.15) is 0 Å². The standard InChI is InChI=1S/C15H20N4/c1-10-13-4-2-3-5-14(13)19-15(17-10)18-12-8-6-11(16)7-9-12/h2-5,11-12H,6-9,16H2,1H3,(H,17,18,19)/t11-,12-. The van der Waals surface area contributed by atoms with Crippen LogP contribution in [0.5, 0.6) is 0 Å². The summed E-state index contributed by atoms with van der Waals surface area (Å²) >= 11 is 0. The lowest BCUT2D eigenvalue weighted by molar-refractivity contribution is 0.410. The minimum Gasteiger partial charge on any atom is -0.351 e. The van der Waals surface area contributed by atoms with Crippen LogP contribution in [0.15, 0.2) is 24.3 Å². The van der Waals surface area contributed by atoms with E-state index >= 15 is 0 Å². The van der Waals surface area contributed by atoms with Gasteiger partial charge in [0.25, 0.3) is 0 Å². The monoisotopic (exact) mass is 256 g/mol. The molecule has 3 rings (SSSR count). The van der Waals surface area contributed by atoms with Crippen LogP contribution in [0.3, 0.4) is 0 Å². The summed E-state index contributed by atoms with van der Waals surface area (Å²) in [6, 6.07) is 8.96. The smallest absolute Gasteiger partial charge is 0.223 e. The summed E-state index contributed by atoms with van der Waals surface area (Å²) < 4.78 is 0. The average molecular weight is 256 g/mol. The summed E-state index contributed by atoms with van der Waals surface area (Å²) in [6.07, 6.45) is 4.39. The van der Waals surface area contributed by atoms with Gasteiger partial charge >= 0.3 is 0 Å². The number of hydrogen-bond donors (Lipinski definition) is 2. The van der Waals surface area contributed by atoms with E-state index in [1.54, 1.807) is 0 Å². The lowest BCUT2D eigenvalue weighted by Crippen LogP contribution is -2.33. The highest BCUT2D eigenvalue weighted by atomic mass is 15.1. The largest absolute Gasteiger partial charge is 0.351 e. The molecule has 2 aromatic rings. The summed E-state index contributed by atoms with van der Waals surface area (Å²) in [4.78, 5) is 9.16. The fourth-order valence-corrected chi connectivity index (χ4v) is 2.75. The molecule has 3 N–H and O–H groups in total. The van der Waals surface area contributed by atoms with Crippen LogP contribution in [0.4, 0.5) is 5.95 Å². The minimum absolute atomic E-state index is 0.373. The quantitative estimate of drug-likeness (QED) is 0.867. The van der Waals surface area contributed by atoms with Crippen molar-refractivity contribution >= 4 is 16.9 Å². The maximum Gasteiger partial charge on any atom is 0.223 e. The number of fused-ring (bicyclic) bond motifs is 1. The number of nitrogens with two attached hydrogens (primary N) is 1. The van der Waals surface area contributed by atoms with Gasteiger partial charge in [-0.15, -0.1) is 0 Å². The molecule has 0 unspecified atom stereocenters. The first-order valence-corrected chi connectivity index (χ1v) is 6.98. The Balaban J connectivity index is 1.81.